The Morgan fingerprint density at radius 3 is 2.56 bits per heavy atom. The van der Waals surface area contributed by atoms with E-state index < -0.39 is 34.4 Å². The molecule has 3 rings (SSSR count). The first-order valence-electron chi connectivity index (χ1n) is 13.5. The van der Waals surface area contributed by atoms with Gasteiger partial charge in [-0.1, -0.05) is 0 Å². The number of carbonyl (C=O) groups is 2. The van der Waals surface area contributed by atoms with Gasteiger partial charge in [-0.05, 0) is 70.7 Å². The quantitative estimate of drug-likeness (QED) is 0.232. The number of ether oxygens (including phenoxy) is 2. The van der Waals surface area contributed by atoms with Crippen LogP contribution in [0.25, 0.3) is 0 Å². The predicted octanol–water partition coefficient (Wildman–Crippen LogP) is 3.31. The first-order valence-corrected chi connectivity index (χ1v) is 15.0. The first kappa shape index (κ1) is 30.2. The Morgan fingerprint density at radius 1 is 1.18 bits per heavy atom. The Kier molecular flexibility index (Phi) is 11.4. The Bertz CT molecular complexity index is 1140. The molecule has 0 unspecified atom stereocenters. The van der Waals surface area contributed by atoms with Gasteiger partial charge in [-0.15, -0.1) is 0 Å². The van der Waals surface area contributed by atoms with Gasteiger partial charge in [0.05, 0.1) is 11.5 Å². The fourth-order valence-corrected chi connectivity index (χ4v) is 5.75. The van der Waals surface area contributed by atoms with Gasteiger partial charge >= 0.3 is 6.16 Å². The van der Waals surface area contributed by atoms with Gasteiger partial charge < -0.3 is 29.6 Å². The van der Waals surface area contributed by atoms with Gasteiger partial charge in [0.1, 0.15) is 6.04 Å². The zero-order valence-corrected chi connectivity index (χ0v) is 23.7. The van der Waals surface area contributed by atoms with Gasteiger partial charge in [0.2, 0.25) is 15.9 Å². The van der Waals surface area contributed by atoms with Crippen LogP contribution in [-0.2, 0) is 24.3 Å². The number of piperidine rings is 1. The van der Waals surface area contributed by atoms with Crippen LogP contribution >= 0.6 is 0 Å². The maximum absolute atomic E-state index is 13.7. The summed E-state index contributed by atoms with van der Waals surface area (Å²) in [6.45, 7) is 8.31. The molecule has 13 heteroatoms. The monoisotopic (exact) mass is 564 g/mol. The largest absolute Gasteiger partial charge is 0.510 e. The average molecular weight is 565 g/mol. The van der Waals surface area contributed by atoms with Crippen molar-refractivity contribution in [3.63, 3.8) is 0 Å². The Labute approximate surface area is 230 Å². The van der Waals surface area contributed by atoms with Crippen LogP contribution < -0.4 is 14.9 Å². The van der Waals surface area contributed by atoms with Crippen molar-refractivity contribution in [3.8, 4) is 0 Å². The second-order valence-corrected chi connectivity index (χ2v) is 10.8. The molecule has 1 saturated heterocycles. The number of rotatable bonds is 14. The summed E-state index contributed by atoms with van der Waals surface area (Å²) < 4.78 is 39.7. The highest BCUT2D eigenvalue weighted by atomic mass is 32.2. The highest BCUT2D eigenvalue weighted by Crippen LogP contribution is 2.23. The third-order valence-electron chi connectivity index (χ3n) is 6.56. The summed E-state index contributed by atoms with van der Waals surface area (Å²) in [4.78, 5) is 36.4. The normalized spacial score (nSPS) is 16.4. The molecule has 0 spiro atoms. The molecule has 1 aliphatic heterocycles. The molecule has 0 radical (unpaired) electrons. The summed E-state index contributed by atoms with van der Waals surface area (Å²) >= 11 is 0. The topological polar surface area (TPSA) is 146 Å². The van der Waals surface area contributed by atoms with Gasteiger partial charge in [-0.3, -0.25) is 4.79 Å². The third-order valence-corrected chi connectivity index (χ3v) is 8.04. The minimum atomic E-state index is -4.02. The van der Waals surface area contributed by atoms with Crippen molar-refractivity contribution in [2.24, 2.45) is 0 Å². The number of H-pyrrole nitrogens is 1. The van der Waals surface area contributed by atoms with Gasteiger partial charge in [0, 0.05) is 50.7 Å². The molecular formula is C26H40N6O6S. The van der Waals surface area contributed by atoms with E-state index in [1.54, 1.807) is 43.6 Å². The highest BCUT2D eigenvalue weighted by molar-refractivity contribution is 7.89. The maximum atomic E-state index is 13.7. The lowest BCUT2D eigenvalue weighted by molar-refractivity contribution is -0.148. The Hall–Kier alpha value is -3.32. The fourth-order valence-electron chi connectivity index (χ4n) is 4.53. The molecule has 1 aromatic heterocycles. The van der Waals surface area contributed by atoms with Crippen LogP contribution in [0.4, 0.5) is 16.4 Å². The minimum absolute atomic E-state index is 0.0721. The van der Waals surface area contributed by atoms with E-state index in [2.05, 4.69) is 24.9 Å². The molecule has 0 saturated carbocycles. The van der Waals surface area contributed by atoms with Crippen LogP contribution in [0.1, 0.15) is 52.9 Å². The Balaban J connectivity index is 1.77. The number of nitrogens with zero attached hydrogens (tertiary/aromatic N) is 3. The number of likely N-dealkylation sites (tertiary alicyclic amines) is 1. The number of hydrogen-bond acceptors (Lipinski definition) is 9. The first-order chi connectivity index (χ1) is 18.8. The summed E-state index contributed by atoms with van der Waals surface area (Å²) in [5.41, 5.74) is 0.919. The SMILES string of the molecule is CCOC(=O)O[C@@H]1CCCCN1C(=O)[C@H](CCCNc1ncc[nH]1)NS(=O)(=O)c1ccc(N(CC)CC)cc1. The second-order valence-electron chi connectivity index (χ2n) is 9.13. The van der Waals surface area contributed by atoms with E-state index in [4.69, 9.17) is 9.47 Å². The van der Waals surface area contributed by atoms with Crippen molar-refractivity contribution in [1.29, 1.82) is 0 Å². The molecule has 1 amide bonds. The smallest absolute Gasteiger partial charge is 0.435 e. The standard InChI is InChI=1S/C26H40N6O6S/c1-4-31(5-2)20-12-14-21(15-13-20)39(35,36)30-22(10-9-16-27-25-28-17-18-29-25)24(33)32-19-8-7-11-23(32)38-26(34)37-6-3/h12-15,17-18,22-23,30H,4-11,16,19H2,1-3H3,(H2,27,28,29)/t22-,23+/m0/s1. The summed E-state index contributed by atoms with van der Waals surface area (Å²) in [6, 6.07) is 5.56. The average Bonchev–Trinajstić information content (AvgIpc) is 3.45. The summed E-state index contributed by atoms with van der Waals surface area (Å²) in [5.74, 6) is 0.149. The van der Waals surface area contributed by atoms with Crippen LogP contribution in [0.15, 0.2) is 41.6 Å². The van der Waals surface area contributed by atoms with Gasteiger partial charge in [-0.25, -0.2) is 18.2 Å². The summed E-state index contributed by atoms with van der Waals surface area (Å²) in [6.07, 6.45) is 4.31. The van der Waals surface area contributed by atoms with Crippen LogP contribution in [0.3, 0.4) is 0 Å². The summed E-state index contributed by atoms with van der Waals surface area (Å²) in [7, 11) is -4.02. The zero-order valence-electron chi connectivity index (χ0n) is 22.9. The molecule has 2 aromatic rings. The number of hydrogen-bond donors (Lipinski definition) is 3. The molecule has 1 aromatic carbocycles. The molecule has 39 heavy (non-hydrogen) atoms. The lowest BCUT2D eigenvalue weighted by Crippen LogP contribution is -2.54. The van der Waals surface area contributed by atoms with E-state index in [1.165, 1.54) is 4.90 Å². The fraction of sp³-hybridized carbons (Fsp3) is 0.577. The van der Waals surface area contributed by atoms with E-state index >= 15 is 0 Å². The van der Waals surface area contributed by atoms with Crippen molar-refractivity contribution < 1.29 is 27.5 Å². The molecule has 1 fully saturated rings. The Morgan fingerprint density at radius 2 is 1.92 bits per heavy atom. The molecule has 216 valence electrons. The van der Waals surface area contributed by atoms with Crippen molar-refractivity contribution >= 4 is 33.7 Å². The van der Waals surface area contributed by atoms with Crippen molar-refractivity contribution in [1.82, 2.24) is 19.6 Å². The number of anilines is 2. The molecule has 0 aliphatic carbocycles. The van der Waals surface area contributed by atoms with Crippen LogP contribution in [0.5, 0.6) is 0 Å². The predicted molar refractivity (Wildman–Crippen MR) is 148 cm³/mol. The number of amides is 1. The van der Waals surface area contributed by atoms with Crippen LogP contribution in [0.2, 0.25) is 0 Å². The molecule has 1 aliphatic rings. The lowest BCUT2D eigenvalue weighted by atomic mass is 10.1. The third kappa shape index (κ3) is 8.59. The number of carbonyl (C=O) groups excluding carboxylic acids is 2. The molecule has 12 nitrogen and oxygen atoms in total. The van der Waals surface area contributed by atoms with Crippen LogP contribution in [0, 0.1) is 0 Å². The highest BCUT2D eigenvalue weighted by Gasteiger charge is 2.36. The van der Waals surface area contributed by atoms with Crippen molar-refractivity contribution in [3.05, 3.63) is 36.7 Å². The molecule has 2 heterocycles. The molecular weight excluding hydrogens is 524 g/mol. The number of sulfonamides is 1. The maximum Gasteiger partial charge on any atom is 0.510 e. The van der Waals surface area contributed by atoms with Crippen molar-refractivity contribution in [2.45, 2.75) is 70.0 Å². The zero-order chi connectivity index (χ0) is 28.3. The second kappa shape index (κ2) is 14.7. The number of benzene rings is 1. The number of aromatic nitrogens is 2. The number of nitrogens with one attached hydrogen (secondary N) is 3. The molecule has 2 atom stereocenters. The van der Waals surface area contributed by atoms with Crippen LogP contribution in [-0.4, -0.2) is 80.4 Å². The van der Waals surface area contributed by atoms with Gasteiger partial charge in [0.15, 0.2) is 12.2 Å². The van der Waals surface area contributed by atoms with E-state index in [9.17, 15) is 18.0 Å². The summed E-state index contributed by atoms with van der Waals surface area (Å²) in [5, 5.41) is 3.11. The van der Waals surface area contributed by atoms with E-state index in [1.807, 2.05) is 13.8 Å². The van der Waals surface area contributed by atoms with Crippen molar-refractivity contribution in [2.75, 3.05) is 43.0 Å². The van der Waals surface area contributed by atoms with E-state index in [0.717, 1.165) is 31.6 Å². The minimum Gasteiger partial charge on any atom is -0.435 e. The van der Waals surface area contributed by atoms with E-state index in [0.29, 0.717) is 31.9 Å². The van der Waals surface area contributed by atoms with Gasteiger partial charge in [-0.2, -0.15) is 4.72 Å². The van der Waals surface area contributed by atoms with Gasteiger partial charge in [0.25, 0.3) is 0 Å². The molecule has 0 bridgehead atoms. The van der Waals surface area contributed by atoms with E-state index in [-0.39, 0.29) is 17.9 Å². The molecule has 3 N–H and O–H groups in total. The number of aromatic amines is 1. The number of imidazole rings is 1. The lowest BCUT2D eigenvalue weighted by Gasteiger charge is -2.36.